The topological polar surface area (TPSA) is 35.2 Å². The molecule has 2 nitrogen and oxygen atoms in total. The quantitative estimate of drug-likeness (QED) is 0.589. The minimum atomic E-state index is -5.43. The third kappa shape index (κ3) is 5.83. The van der Waals surface area contributed by atoms with Gasteiger partial charge in [-0.2, -0.15) is 26.3 Å². The van der Waals surface area contributed by atoms with Crippen LogP contribution >= 0.6 is 0 Å². The van der Waals surface area contributed by atoms with Crippen LogP contribution < -0.4 is 5.73 Å². The number of alkyl halides is 6. The molecular weight excluding hydrogens is 228 g/mol. The van der Waals surface area contributed by atoms with Crippen molar-refractivity contribution in [2.75, 3.05) is 13.2 Å². The second-order valence-corrected chi connectivity index (χ2v) is 2.83. The fourth-order valence-corrected chi connectivity index (χ4v) is 0.822. The highest BCUT2D eigenvalue weighted by Gasteiger charge is 2.57. The first-order chi connectivity index (χ1) is 6.69. The van der Waals surface area contributed by atoms with Gasteiger partial charge in [-0.05, 0) is 19.4 Å². The first-order valence-corrected chi connectivity index (χ1v) is 4.14. The van der Waals surface area contributed by atoms with Gasteiger partial charge in [-0.15, -0.1) is 0 Å². The van der Waals surface area contributed by atoms with Crippen LogP contribution in [0, 0.1) is 0 Å². The Hall–Kier alpha value is -0.500. The van der Waals surface area contributed by atoms with Gasteiger partial charge < -0.3 is 10.5 Å². The Kier molecular flexibility index (Phi) is 5.36. The van der Waals surface area contributed by atoms with Crippen molar-refractivity contribution in [3.8, 4) is 0 Å². The highest BCUT2D eigenvalue weighted by molar-refractivity contribution is 4.75. The van der Waals surface area contributed by atoms with Crippen LogP contribution in [0.4, 0.5) is 26.3 Å². The summed E-state index contributed by atoms with van der Waals surface area (Å²) < 4.78 is 74.9. The van der Waals surface area contributed by atoms with Gasteiger partial charge in [0.15, 0.2) is 0 Å². The van der Waals surface area contributed by atoms with Crippen molar-refractivity contribution in [2.24, 2.45) is 5.73 Å². The largest absolute Gasteiger partial charge is 0.423 e. The molecule has 0 saturated heterocycles. The summed E-state index contributed by atoms with van der Waals surface area (Å²) in [6.45, 7) is -0.410. The van der Waals surface area contributed by atoms with E-state index in [2.05, 4.69) is 4.74 Å². The van der Waals surface area contributed by atoms with Crippen molar-refractivity contribution >= 4 is 0 Å². The van der Waals surface area contributed by atoms with Gasteiger partial charge in [-0.25, -0.2) is 0 Å². The molecule has 0 amide bonds. The lowest BCUT2D eigenvalue weighted by Crippen LogP contribution is -2.44. The van der Waals surface area contributed by atoms with Gasteiger partial charge in [0.1, 0.15) is 0 Å². The van der Waals surface area contributed by atoms with Gasteiger partial charge in [0.05, 0.1) is 0 Å². The highest BCUT2D eigenvalue weighted by atomic mass is 19.4. The van der Waals surface area contributed by atoms with Crippen molar-refractivity contribution < 1.29 is 31.1 Å². The van der Waals surface area contributed by atoms with E-state index in [0.717, 1.165) is 0 Å². The Morgan fingerprint density at radius 1 is 0.933 bits per heavy atom. The van der Waals surface area contributed by atoms with E-state index in [1.807, 2.05) is 0 Å². The van der Waals surface area contributed by atoms with Crippen molar-refractivity contribution in [1.82, 2.24) is 0 Å². The summed E-state index contributed by atoms with van der Waals surface area (Å²) in [6.07, 6.45) is -14.2. The summed E-state index contributed by atoms with van der Waals surface area (Å²) >= 11 is 0. The predicted octanol–water partition coefficient (Wildman–Crippen LogP) is 2.24. The zero-order chi connectivity index (χ0) is 12.1. The Bertz CT molecular complexity index is 163. The van der Waals surface area contributed by atoms with Crippen LogP contribution in [0.2, 0.25) is 0 Å². The third-order valence-corrected chi connectivity index (χ3v) is 1.48. The molecule has 0 heterocycles. The summed E-state index contributed by atoms with van der Waals surface area (Å²) in [4.78, 5) is 0. The van der Waals surface area contributed by atoms with Crippen LogP contribution in [0.3, 0.4) is 0 Å². The molecule has 8 heteroatoms. The van der Waals surface area contributed by atoms with Gasteiger partial charge in [-0.3, -0.25) is 0 Å². The molecule has 0 radical (unpaired) electrons. The molecule has 0 aromatic heterocycles. The molecule has 0 unspecified atom stereocenters. The molecule has 0 rings (SSSR count). The normalized spacial score (nSPS) is 13.6. The van der Waals surface area contributed by atoms with Crippen LogP contribution in [-0.4, -0.2) is 31.6 Å². The highest BCUT2D eigenvalue weighted by Crippen LogP contribution is 2.35. The van der Waals surface area contributed by atoms with Crippen LogP contribution in [0.25, 0.3) is 0 Å². The maximum absolute atomic E-state index is 11.9. The Morgan fingerprint density at radius 2 is 1.40 bits per heavy atom. The van der Waals surface area contributed by atoms with E-state index >= 15 is 0 Å². The van der Waals surface area contributed by atoms with Gasteiger partial charge in [-0.1, -0.05) is 0 Å². The van der Waals surface area contributed by atoms with E-state index in [9.17, 15) is 26.3 Å². The zero-order valence-electron chi connectivity index (χ0n) is 7.66. The molecule has 0 fully saturated rings. The summed E-state index contributed by atoms with van der Waals surface area (Å²) in [5.41, 5.74) is 5.02. The Balaban J connectivity index is 4.17. The standard InChI is InChI=1S/C7H11F6NO/c8-6(9,10)5(7(11,12)13)15-4-2-1-3-14/h5H,1-4,14H2. The van der Waals surface area contributed by atoms with E-state index < -0.39 is 25.1 Å². The molecule has 0 aromatic carbocycles. The predicted molar refractivity (Wildman–Crippen MR) is 40.1 cm³/mol. The maximum atomic E-state index is 11.9. The lowest BCUT2D eigenvalue weighted by molar-refractivity contribution is -0.321. The SMILES string of the molecule is NCCCCOC(C(F)(F)F)C(F)(F)F. The summed E-state index contributed by atoms with van der Waals surface area (Å²) in [6, 6.07) is 0. The molecule has 0 aliphatic heterocycles. The van der Waals surface area contributed by atoms with Crippen molar-refractivity contribution in [3.63, 3.8) is 0 Å². The van der Waals surface area contributed by atoms with Crippen LogP contribution in [0.5, 0.6) is 0 Å². The fraction of sp³-hybridized carbons (Fsp3) is 1.00. The maximum Gasteiger partial charge on any atom is 0.423 e. The molecule has 0 aliphatic carbocycles. The minimum absolute atomic E-state index is 0.0686. The van der Waals surface area contributed by atoms with Crippen molar-refractivity contribution in [3.05, 3.63) is 0 Å². The molecule has 0 aromatic rings. The number of halogens is 6. The molecule has 0 aliphatic rings. The molecule has 2 N–H and O–H groups in total. The van der Waals surface area contributed by atoms with Gasteiger partial charge in [0.2, 0.25) is 6.10 Å². The molecule has 0 atom stereocenters. The first-order valence-electron chi connectivity index (χ1n) is 4.14. The van der Waals surface area contributed by atoms with Gasteiger partial charge in [0.25, 0.3) is 0 Å². The number of nitrogens with two attached hydrogens (primary N) is 1. The van der Waals surface area contributed by atoms with Gasteiger partial charge >= 0.3 is 12.4 Å². The Morgan fingerprint density at radius 3 is 1.73 bits per heavy atom. The number of ether oxygens (including phenoxy) is 1. The second kappa shape index (κ2) is 5.55. The monoisotopic (exact) mass is 239 g/mol. The summed E-state index contributed by atoms with van der Waals surface area (Å²) in [5, 5.41) is 0. The van der Waals surface area contributed by atoms with Crippen molar-refractivity contribution in [1.29, 1.82) is 0 Å². The van der Waals surface area contributed by atoms with Crippen LogP contribution in [-0.2, 0) is 4.74 Å². The fourth-order valence-electron chi connectivity index (χ4n) is 0.822. The number of rotatable bonds is 5. The van der Waals surface area contributed by atoms with E-state index in [1.54, 1.807) is 0 Å². The number of unbranched alkanes of at least 4 members (excludes halogenated alkanes) is 1. The Labute approximate surface area is 82.4 Å². The molecule has 92 valence electrons. The lowest BCUT2D eigenvalue weighted by atomic mass is 10.3. The zero-order valence-corrected chi connectivity index (χ0v) is 7.66. The summed E-state index contributed by atoms with van der Waals surface area (Å²) in [5.74, 6) is 0. The first kappa shape index (κ1) is 14.5. The van der Waals surface area contributed by atoms with Gasteiger partial charge in [0, 0.05) is 6.61 Å². The summed E-state index contributed by atoms with van der Waals surface area (Å²) in [7, 11) is 0. The average molecular weight is 239 g/mol. The number of hydrogen-bond acceptors (Lipinski definition) is 2. The number of hydrogen-bond donors (Lipinski definition) is 1. The second-order valence-electron chi connectivity index (χ2n) is 2.83. The van der Waals surface area contributed by atoms with E-state index in [1.165, 1.54) is 0 Å². The third-order valence-electron chi connectivity index (χ3n) is 1.48. The molecular formula is C7H11F6NO. The van der Waals surface area contributed by atoms with Crippen LogP contribution in [0.15, 0.2) is 0 Å². The lowest BCUT2D eigenvalue weighted by Gasteiger charge is -2.22. The molecule has 0 saturated carbocycles. The molecule has 0 spiro atoms. The van der Waals surface area contributed by atoms with Crippen molar-refractivity contribution in [2.45, 2.75) is 31.3 Å². The van der Waals surface area contributed by atoms with E-state index in [-0.39, 0.29) is 13.0 Å². The smallest absolute Gasteiger partial charge is 0.361 e. The van der Waals surface area contributed by atoms with E-state index in [0.29, 0.717) is 6.42 Å². The minimum Gasteiger partial charge on any atom is -0.361 e. The average Bonchev–Trinajstić information content (AvgIpc) is 1.99. The molecule has 15 heavy (non-hydrogen) atoms. The molecule has 0 bridgehead atoms. The van der Waals surface area contributed by atoms with E-state index in [4.69, 9.17) is 5.73 Å². The van der Waals surface area contributed by atoms with Crippen LogP contribution in [0.1, 0.15) is 12.8 Å².